The summed E-state index contributed by atoms with van der Waals surface area (Å²) in [6.07, 6.45) is 0. The minimum atomic E-state index is -0.380. The van der Waals surface area contributed by atoms with Crippen molar-refractivity contribution in [2.45, 2.75) is 13.8 Å². The molecule has 1 amide bonds. The summed E-state index contributed by atoms with van der Waals surface area (Å²) >= 11 is 0. The van der Waals surface area contributed by atoms with Crippen molar-refractivity contribution in [3.8, 4) is 5.75 Å². The maximum atomic E-state index is 12.6. The monoisotopic (exact) mass is 241 g/mol. The van der Waals surface area contributed by atoms with E-state index >= 15 is 0 Å². The van der Waals surface area contributed by atoms with Crippen molar-refractivity contribution < 1.29 is 18.8 Å². The molecule has 1 aromatic rings. The summed E-state index contributed by atoms with van der Waals surface area (Å²) in [5, 5.41) is 0. The first-order valence-electron chi connectivity index (χ1n) is 5.37. The van der Waals surface area contributed by atoms with Gasteiger partial charge in [0, 0.05) is 0 Å². The molecule has 0 aliphatic rings. The lowest BCUT2D eigenvalue weighted by atomic mass is 10.2. The van der Waals surface area contributed by atoms with Crippen LogP contribution in [0.5, 0.6) is 5.75 Å². The largest absolute Gasteiger partial charge is 0.484 e. The van der Waals surface area contributed by atoms with Gasteiger partial charge in [-0.3, -0.25) is 9.63 Å². The smallest absolute Gasteiger partial charge is 0.281 e. The summed E-state index contributed by atoms with van der Waals surface area (Å²) < 4.78 is 17.7. The van der Waals surface area contributed by atoms with Crippen molar-refractivity contribution in [1.82, 2.24) is 5.48 Å². The van der Waals surface area contributed by atoms with Crippen LogP contribution in [0.25, 0.3) is 0 Å². The molecule has 0 heterocycles. The summed E-state index contributed by atoms with van der Waals surface area (Å²) in [4.78, 5) is 16.2. The molecule has 1 rings (SSSR count). The third-order valence-electron chi connectivity index (χ3n) is 1.79. The number of amides is 1. The Balaban J connectivity index is 2.21. The Hall–Kier alpha value is -1.62. The van der Waals surface area contributed by atoms with Crippen LogP contribution in [0.4, 0.5) is 4.39 Å². The van der Waals surface area contributed by atoms with Crippen LogP contribution in [0.1, 0.15) is 13.8 Å². The maximum Gasteiger partial charge on any atom is 0.281 e. The first-order chi connectivity index (χ1) is 8.08. The SMILES string of the molecule is CC(C)CONC(=O)COc1ccc(F)cc1. The Morgan fingerprint density at radius 2 is 2.00 bits per heavy atom. The highest BCUT2D eigenvalue weighted by Crippen LogP contribution is 2.10. The number of rotatable bonds is 6. The van der Waals surface area contributed by atoms with Gasteiger partial charge >= 0.3 is 0 Å². The summed E-state index contributed by atoms with van der Waals surface area (Å²) in [5.74, 6) is 0.0516. The van der Waals surface area contributed by atoms with Gasteiger partial charge in [0.25, 0.3) is 5.91 Å². The van der Waals surface area contributed by atoms with E-state index in [1.54, 1.807) is 0 Å². The van der Waals surface area contributed by atoms with E-state index in [4.69, 9.17) is 9.57 Å². The summed E-state index contributed by atoms with van der Waals surface area (Å²) in [6.45, 7) is 4.23. The zero-order chi connectivity index (χ0) is 12.7. The van der Waals surface area contributed by atoms with Crippen LogP contribution >= 0.6 is 0 Å². The van der Waals surface area contributed by atoms with Gasteiger partial charge in [-0.1, -0.05) is 13.8 Å². The molecule has 0 bridgehead atoms. The Kier molecular flexibility index (Phi) is 5.42. The van der Waals surface area contributed by atoms with Gasteiger partial charge in [-0.25, -0.2) is 9.87 Å². The van der Waals surface area contributed by atoms with Gasteiger partial charge in [0.1, 0.15) is 11.6 Å². The molecule has 1 aromatic carbocycles. The van der Waals surface area contributed by atoms with Crippen LogP contribution in [-0.2, 0) is 9.63 Å². The highest BCUT2D eigenvalue weighted by Gasteiger charge is 2.03. The number of halogens is 1. The van der Waals surface area contributed by atoms with Crippen LogP contribution in [0, 0.1) is 11.7 Å². The van der Waals surface area contributed by atoms with E-state index in [1.807, 2.05) is 13.8 Å². The molecule has 0 unspecified atom stereocenters. The zero-order valence-electron chi connectivity index (χ0n) is 9.90. The van der Waals surface area contributed by atoms with E-state index < -0.39 is 0 Å². The van der Waals surface area contributed by atoms with Crippen LogP contribution in [0.3, 0.4) is 0 Å². The fourth-order valence-electron chi connectivity index (χ4n) is 0.998. The number of carbonyl (C=O) groups is 1. The predicted molar refractivity (Wildman–Crippen MR) is 60.8 cm³/mol. The number of hydroxylamine groups is 1. The van der Waals surface area contributed by atoms with Crippen molar-refractivity contribution in [2.24, 2.45) is 5.92 Å². The van der Waals surface area contributed by atoms with Crippen molar-refractivity contribution in [2.75, 3.05) is 13.2 Å². The van der Waals surface area contributed by atoms with Crippen LogP contribution < -0.4 is 10.2 Å². The second-order valence-corrected chi connectivity index (χ2v) is 3.97. The van der Waals surface area contributed by atoms with E-state index in [0.29, 0.717) is 18.3 Å². The van der Waals surface area contributed by atoms with Crippen molar-refractivity contribution >= 4 is 5.91 Å². The quantitative estimate of drug-likeness (QED) is 0.774. The fourth-order valence-corrected chi connectivity index (χ4v) is 0.998. The maximum absolute atomic E-state index is 12.6. The molecule has 0 aromatic heterocycles. The Morgan fingerprint density at radius 1 is 1.35 bits per heavy atom. The third kappa shape index (κ3) is 5.87. The Bertz CT molecular complexity index is 351. The summed E-state index contributed by atoms with van der Waals surface area (Å²) in [6, 6.07) is 5.44. The molecule has 0 saturated heterocycles. The van der Waals surface area contributed by atoms with Gasteiger partial charge in [0.05, 0.1) is 6.61 Å². The van der Waals surface area contributed by atoms with E-state index in [-0.39, 0.29) is 18.3 Å². The topological polar surface area (TPSA) is 47.6 Å². The van der Waals surface area contributed by atoms with Gasteiger partial charge in [-0.2, -0.15) is 0 Å². The fraction of sp³-hybridized carbons (Fsp3) is 0.417. The number of carbonyl (C=O) groups excluding carboxylic acids is 1. The predicted octanol–water partition coefficient (Wildman–Crippen LogP) is 1.91. The number of nitrogens with one attached hydrogen (secondary N) is 1. The van der Waals surface area contributed by atoms with E-state index in [9.17, 15) is 9.18 Å². The molecule has 0 saturated carbocycles. The van der Waals surface area contributed by atoms with Crippen LogP contribution in [0.15, 0.2) is 24.3 Å². The second kappa shape index (κ2) is 6.85. The Morgan fingerprint density at radius 3 is 2.59 bits per heavy atom. The molecule has 1 N–H and O–H groups in total. The molecule has 0 fully saturated rings. The number of ether oxygens (including phenoxy) is 1. The summed E-state index contributed by atoms with van der Waals surface area (Å²) in [7, 11) is 0. The minimum absolute atomic E-state index is 0.163. The molecule has 17 heavy (non-hydrogen) atoms. The van der Waals surface area contributed by atoms with E-state index in [1.165, 1.54) is 24.3 Å². The molecule has 0 spiro atoms. The molecular weight excluding hydrogens is 225 g/mol. The lowest BCUT2D eigenvalue weighted by molar-refractivity contribution is -0.136. The van der Waals surface area contributed by atoms with E-state index in [0.717, 1.165) is 0 Å². The second-order valence-electron chi connectivity index (χ2n) is 3.97. The van der Waals surface area contributed by atoms with Gasteiger partial charge in [-0.05, 0) is 30.2 Å². The van der Waals surface area contributed by atoms with Crippen molar-refractivity contribution in [3.05, 3.63) is 30.1 Å². The highest BCUT2D eigenvalue weighted by atomic mass is 19.1. The average molecular weight is 241 g/mol. The molecule has 94 valence electrons. The molecule has 0 atom stereocenters. The molecule has 4 nitrogen and oxygen atoms in total. The van der Waals surface area contributed by atoms with Crippen LogP contribution in [0.2, 0.25) is 0 Å². The first-order valence-corrected chi connectivity index (χ1v) is 5.37. The third-order valence-corrected chi connectivity index (χ3v) is 1.79. The molecule has 0 aliphatic heterocycles. The van der Waals surface area contributed by atoms with Gasteiger partial charge < -0.3 is 4.74 Å². The first kappa shape index (κ1) is 13.4. The minimum Gasteiger partial charge on any atom is -0.484 e. The zero-order valence-corrected chi connectivity index (χ0v) is 9.90. The lowest BCUT2D eigenvalue weighted by Gasteiger charge is -2.08. The van der Waals surface area contributed by atoms with Gasteiger partial charge in [-0.15, -0.1) is 0 Å². The number of hydrogen-bond donors (Lipinski definition) is 1. The summed E-state index contributed by atoms with van der Waals surface area (Å²) in [5.41, 5.74) is 2.26. The number of hydrogen-bond acceptors (Lipinski definition) is 3. The van der Waals surface area contributed by atoms with Crippen molar-refractivity contribution in [1.29, 1.82) is 0 Å². The lowest BCUT2D eigenvalue weighted by Crippen LogP contribution is -2.30. The molecule has 0 aliphatic carbocycles. The van der Waals surface area contributed by atoms with Crippen LogP contribution in [-0.4, -0.2) is 19.1 Å². The number of benzene rings is 1. The highest BCUT2D eigenvalue weighted by molar-refractivity contribution is 5.76. The van der Waals surface area contributed by atoms with E-state index in [2.05, 4.69) is 5.48 Å². The normalized spacial score (nSPS) is 10.4. The average Bonchev–Trinajstić information content (AvgIpc) is 2.28. The van der Waals surface area contributed by atoms with Crippen molar-refractivity contribution in [3.63, 3.8) is 0 Å². The van der Waals surface area contributed by atoms with Gasteiger partial charge in [0.15, 0.2) is 6.61 Å². The molecular formula is C12H16FNO3. The molecule has 0 radical (unpaired) electrons. The molecule has 5 heteroatoms. The Labute approximate surface area is 99.7 Å². The van der Waals surface area contributed by atoms with Gasteiger partial charge in [0.2, 0.25) is 0 Å². The standard InChI is InChI=1S/C12H16FNO3/c1-9(2)7-17-14-12(15)8-16-11-5-3-10(13)4-6-11/h3-6,9H,7-8H2,1-2H3,(H,14,15).